The second kappa shape index (κ2) is 43.6. The summed E-state index contributed by atoms with van der Waals surface area (Å²) in [7, 11) is 13.4. The molecule has 10 nitrogen and oxygen atoms in total. The SMILES string of the molecule is CCC(CO)OC.CCC(COC)OC.CCC(COC)OC.COCC(C)CO.COCC(C)COC. The molecule has 4 atom stereocenters. The normalized spacial score (nSPS) is 13.3. The van der Waals surface area contributed by atoms with Crippen LogP contribution in [0.4, 0.5) is 0 Å². The monoisotopic (exact) mass is 562 g/mol. The fourth-order valence-corrected chi connectivity index (χ4v) is 2.40. The first kappa shape index (κ1) is 47.4. The van der Waals surface area contributed by atoms with Gasteiger partial charge in [0.2, 0.25) is 0 Å². The summed E-state index contributed by atoms with van der Waals surface area (Å²) < 4.78 is 39.0. The van der Waals surface area contributed by atoms with Crippen LogP contribution in [0.15, 0.2) is 0 Å². The van der Waals surface area contributed by atoms with Crippen molar-refractivity contribution in [3.63, 3.8) is 0 Å². The van der Waals surface area contributed by atoms with Crippen molar-refractivity contribution in [1.29, 1.82) is 0 Å². The van der Waals surface area contributed by atoms with Crippen LogP contribution in [0.5, 0.6) is 0 Å². The van der Waals surface area contributed by atoms with Gasteiger partial charge in [-0.1, -0.05) is 34.6 Å². The third-order valence-electron chi connectivity index (χ3n) is 4.94. The number of hydrogen-bond acceptors (Lipinski definition) is 10. The van der Waals surface area contributed by atoms with Crippen LogP contribution < -0.4 is 0 Å². The van der Waals surface area contributed by atoms with E-state index in [9.17, 15) is 0 Å². The minimum absolute atomic E-state index is 0.0417. The van der Waals surface area contributed by atoms with Crippen molar-refractivity contribution >= 4 is 0 Å². The highest BCUT2D eigenvalue weighted by Gasteiger charge is 2.01. The minimum Gasteiger partial charge on any atom is -0.396 e. The van der Waals surface area contributed by atoms with Crippen molar-refractivity contribution in [2.45, 2.75) is 72.2 Å². The quantitative estimate of drug-likeness (QED) is 0.256. The molecule has 10 heteroatoms. The molecule has 0 amide bonds. The Morgan fingerprint density at radius 3 is 0.816 bits per heavy atom. The van der Waals surface area contributed by atoms with E-state index in [2.05, 4.69) is 20.8 Å². The molecule has 0 saturated heterocycles. The lowest BCUT2D eigenvalue weighted by Gasteiger charge is -2.09. The fourth-order valence-electron chi connectivity index (χ4n) is 2.40. The van der Waals surface area contributed by atoms with E-state index in [1.807, 2.05) is 13.8 Å². The summed E-state index contributed by atoms with van der Waals surface area (Å²) in [5.74, 6) is 0.801. The van der Waals surface area contributed by atoms with Gasteiger partial charge in [0, 0.05) is 75.3 Å². The maximum Gasteiger partial charge on any atom is 0.0801 e. The molecule has 0 aromatic heterocycles. The van der Waals surface area contributed by atoms with Crippen molar-refractivity contribution in [2.24, 2.45) is 11.8 Å². The van der Waals surface area contributed by atoms with E-state index >= 15 is 0 Å². The molecule has 0 radical (unpaired) electrons. The molecule has 0 aromatic rings. The summed E-state index contributed by atoms with van der Waals surface area (Å²) in [5.41, 5.74) is 0. The van der Waals surface area contributed by atoms with Gasteiger partial charge in [0.1, 0.15) is 0 Å². The van der Waals surface area contributed by atoms with Crippen LogP contribution in [-0.2, 0) is 37.9 Å². The molecule has 0 aliphatic heterocycles. The zero-order valence-corrected chi connectivity index (χ0v) is 27.1. The molecule has 2 N–H and O–H groups in total. The molecule has 0 rings (SSSR count). The summed E-state index contributed by atoms with van der Waals surface area (Å²) >= 11 is 0. The van der Waals surface area contributed by atoms with Crippen LogP contribution in [0.3, 0.4) is 0 Å². The lowest BCUT2D eigenvalue weighted by Crippen LogP contribution is -2.15. The Kier molecular flexibility index (Phi) is 54.4. The Labute approximate surface area is 235 Å². The maximum atomic E-state index is 8.40. The van der Waals surface area contributed by atoms with Gasteiger partial charge in [-0.15, -0.1) is 0 Å². The molecule has 0 bridgehead atoms. The number of rotatable bonds is 18. The Morgan fingerprint density at radius 2 is 0.711 bits per heavy atom. The Morgan fingerprint density at radius 1 is 0.421 bits per heavy atom. The number of aliphatic hydroxyl groups excluding tert-OH is 2. The largest absolute Gasteiger partial charge is 0.396 e. The molecule has 0 spiro atoms. The van der Waals surface area contributed by atoms with Gasteiger partial charge in [-0.25, -0.2) is 0 Å². The first-order valence-corrected chi connectivity index (χ1v) is 13.4. The summed E-state index contributed by atoms with van der Waals surface area (Å²) in [6, 6.07) is 0. The van der Waals surface area contributed by atoms with Crippen molar-refractivity contribution in [3.05, 3.63) is 0 Å². The van der Waals surface area contributed by atoms with Crippen molar-refractivity contribution in [2.75, 3.05) is 103 Å². The van der Waals surface area contributed by atoms with E-state index in [1.54, 1.807) is 56.9 Å². The van der Waals surface area contributed by atoms with Crippen LogP contribution in [-0.4, -0.2) is 132 Å². The Balaban J connectivity index is -0.000000120. The topological polar surface area (TPSA) is 114 Å². The maximum absolute atomic E-state index is 8.40. The van der Waals surface area contributed by atoms with Gasteiger partial charge in [0.25, 0.3) is 0 Å². The first-order chi connectivity index (χ1) is 18.2. The van der Waals surface area contributed by atoms with E-state index in [1.165, 1.54) is 0 Å². The molecule has 238 valence electrons. The van der Waals surface area contributed by atoms with Crippen molar-refractivity contribution in [1.82, 2.24) is 0 Å². The molecule has 0 aliphatic rings. The van der Waals surface area contributed by atoms with Gasteiger partial charge in [-0.2, -0.15) is 0 Å². The molecule has 38 heavy (non-hydrogen) atoms. The third-order valence-corrected chi connectivity index (χ3v) is 4.94. The molecular weight excluding hydrogens is 496 g/mol. The van der Waals surface area contributed by atoms with Crippen LogP contribution in [0.2, 0.25) is 0 Å². The van der Waals surface area contributed by atoms with E-state index in [0.717, 1.165) is 32.5 Å². The first-order valence-electron chi connectivity index (χ1n) is 13.4. The van der Waals surface area contributed by atoms with E-state index in [0.29, 0.717) is 25.7 Å². The second-order valence-corrected chi connectivity index (χ2v) is 8.65. The van der Waals surface area contributed by atoms with Gasteiger partial charge in [-0.3, -0.25) is 0 Å². The molecule has 0 saturated carbocycles. The van der Waals surface area contributed by atoms with Crippen LogP contribution in [0.25, 0.3) is 0 Å². The van der Waals surface area contributed by atoms with Gasteiger partial charge in [0.15, 0.2) is 0 Å². The highest BCUT2D eigenvalue weighted by Crippen LogP contribution is 1.95. The standard InChI is InChI=1S/3C6H14O2.2C5H12O2/c1-6(4-7-2)5-8-3;2*1-4-6(8-3)5-7-2;1-5(3-6)4-7-2;1-3-5(4-6)7-2/h3*6H,4-5H2,1-3H3;2*5-6H,3-4H2,1-2H3. The molecular formula is C28H66O10. The Hall–Kier alpha value is -0.400. The van der Waals surface area contributed by atoms with Gasteiger partial charge >= 0.3 is 0 Å². The van der Waals surface area contributed by atoms with Gasteiger partial charge in [-0.05, 0) is 19.3 Å². The van der Waals surface area contributed by atoms with Crippen LogP contribution >= 0.6 is 0 Å². The molecule has 4 unspecified atom stereocenters. The smallest absolute Gasteiger partial charge is 0.0801 e. The summed E-state index contributed by atoms with van der Waals surface area (Å²) in [4.78, 5) is 0. The highest BCUT2D eigenvalue weighted by atomic mass is 16.5. The molecule has 0 fully saturated rings. The van der Waals surface area contributed by atoms with Crippen molar-refractivity contribution < 1.29 is 48.1 Å². The molecule has 0 aromatic carbocycles. The summed E-state index contributed by atoms with van der Waals surface area (Å²) in [6.07, 6.45) is 3.52. The van der Waals surface area contributed by atoms with Crippen LogP contribution in [0, 0.1) is 11.8 Å². The Bertz CT molecular complexity index is 327. The lowest BCUT2D eigenvalue weighted by atomic mass is 10.2. The summed E-state index contributed by atoms with van der Waals surface area (Å²) in [5, 5.41) is 16.8. The predicted octanol–water partition coefficient (Wildman–Crippen LogP) is 3.70. The second-order valence-electron chi connectivity index (χ2n) is 8.65. The minimum atomic E-state index is 0.0417. The molecule has 0 heterocycles. The van der Waals surface area contributed by atoms with Gasteiger partial charge < -0.3 is 48.1 Å². The van der Waals surface area contributed by atoms with Gasteiger partial charge in [0.05, 0.1) is 58.0 Å². The molecule has 0 aliphatic carbocycles. The van der Waals surface area contributed by atoms with E-state index in [4.69, 9.17) is 48.1 Å². The number of hydrogen-bond donors (Lipinski definition) is 2. The van der Waals surface area contributed by atoms with E-state index in [-0.39, 0.29) is 37.4 Å². The predicted molar refractivity (Wildman–Crippen MR) is 155 cm³/mol. The zero-order chi connectivity index (χ0) is 30.6. The highest BCUT2D eigenvalue weighted by molar-refractivity contribution is 4.50. The summed E-state index contributed by atoms with van der Waals surface area (Å²) in [6.45, 7) is 14.1. The van der Waals surface area contributed by atoms with E-state index < -0.39 is 0 Å². The number of methoxy groups -OCH3 is 8. The third kappa shape index (κ3) is 45.5. The lowest BCUT2D eigenvalue weighted by molar-refractivity contribution is 0.0265. The number of aliphatic hydroxyl groups is 2. The zero-order valence-electron chi connectivity index (χ0n) is 27.1. The average molecular weight is 563 g/mol. The van der Waals surface area contributed by atoms with Crippen molar-refractivity contribution in [3.8, 4) is 0 Å². The van der Waals surface area contributed by atoms with Crippen LogP contribution in [0.1, 0.15) is 53.9 Å². The number of ether oxygens (including phenoxy) is 8. The average Bonchev–Trinajstić information content (AvgIpc) is 2.93. The fraction of sp³-hybridized carbons (Fsp3) is 1.00.